The van der Waals surface area contributed by atoms with Crippen molar-refractivity contribution in [1.29, 1.82) is 0 Å². The minimum atomic E-state index is 0.733. The molecule has 6 nitrogen and oxygen atoms in total. The van der Waals surface area contributed by atoms with Crippen molar-refractivity contribution in [3.63, 3.8) is 0 Å². The molecule has 0 saturated heterocycles. The number of imidazole rings is 1. The molecule has 1 N–H and O–H groups in total. The minimum absolute atomic E-state index is 0.733. The van der Waals surface area contributed by atoms with Crippen molar-refractivity contribution < 1.29 is 0 Å². The van der Waals surface area contributed by atoms with Crippen molar-refractivity contribution in [2.75, 3.05) is 24.3 Å². The zero-order chi connectivity index (χ0) is 24.5. The van der Waals surface area contributed by atoms with Gasteiger partial charge in [0, 0.05) is 42.7 Å². The highest BCUT2D eigenvalue weighted by atomic mass is 15.3. The Morgan fingerprint density at radius 3 is 2.19 bits per heavy atom. The molecule has 0 spiro atoms. The number of nitrogens with zero attached hydrogens (tertiary/aromatic N) is 5. The third kappa shape index (κ3) is 4.03. The maximum Gasteiger partial charge on any atom is 0.210 e. The standard InChI is InChI=1S/C30H26N6/c1-35(2)30-32-27-20-22(17-18-28(27)36(30)23-13-7-4-8-14-23)31-29-25-16-10-9-15-24(25)26(33-34-29)19-21-11-5-3-6-12-21/h3-18,20H,19H2,1-2H3,(H,31,34). The Hall–Kier alpha value is -4.71. The first-order valence-corrected chi connectivity index (χ1v) is 12.0. The fraction of sp³-hybridized carbons (Fsp3) is 0.100. The number of para-hydroxylation sites is 1. The van der Waals surface area contributed by atoms with Crippen LogP contribution in [0.15, 0.2) is 103 Å². The summed E-state index contributed by atoms with van der Waals surface area (Å²) < 4.78 is 2.17. The van der Waals surface area contributed by atoms with E-state index in [1.807, 2.05) is 55.4 Å². The van der Waals surface area contributed by atoms with E-state index in [0.717, 1.165) is 57.1 Å². The van der Waals surface area contributed by atoms with Crippen LogP contribution in [0.5, 0.6) is 0 Å². The fourth-order valence-electron chi connectivity index (χ4n) is 4.59. The molecule has 6 aromatic rings. The van der Waals surface area contributed by atoms with Crippen LogP contribution in [0, 0.1) is 0 Å². The summed E-state index contributed by atoms with van der Waals surface area (Å²) in [4.78, 5) is 6.96. The highest BCUT2D eigenvalue weighted by Gasteiger charge is 2.15. The molecular weight excluding hydrogens is 444 g/mol. The lowest BCUT2D eigenvalue weighted by molar-refractivity contribution is 0.962. The number of hydrogen-bond donors (Lipinski definition) is 1. The smallest absolute Gasteiger partial charge is 0.210 e. The lowest BCUT2D eigenvalue weighted by Gasteiger charge is -2.15. The van der Waals surface area contributed by atoms with Gasteiger partial charge in [0.1, 0.15) is 0 Å². The van der Waals surface area contributed by atoms with Gasteiger partial charge in [-0.05, 0) is 35.9 Å². The van der Waals surface area contributed by atoms with Crippen LogP contribution in [0.4, 0.5) is 17.5 Å². The van der Waals surface area contributed by atoms with Crippen LogP contribution in [-0.4, -0.2) is 33.8 Å². The SMILES string of the molecule is CN(C)c1nc2cc(Nc3nnc(Cc4ccccc4)c4ccccc34)ccc2n1-c1ccccc1. The molecule has 0 radical (unpaired) electrons. The molecule has 0 saturated carbocycles. The molecule has 0 aliphatic heterocycles. The number of rotatable bonds is 6. The molecule has 0 unspecified atom stereocenters. The van der Waals surface area contributed by atoms with E-state index in [1.165, 1.54) is 5.56 Å². The topological polar surface area (TPSA) is 58.9 Å². The Morgan fingerprint density at radius 2 is 1.44 bits per heavy atom. The van der Waals surface area contributed by atoms with Crippen molar-refractivity contribution in [2.45, 2.75) is 6.42 Å². The van der Waals surface area contributed by atoms with E-state index in [9.17, 15) is 0 Å². The molecule has 176 valence electrons. The van der Waals surface area contributed by atoms with Gasteiger partial charge >= 0.3 is 0 Å². The molecule has 36 heavy (non-hydrogen) atoms. The van der Waals surface area contributed by atoms with E-state index in [-0.39, 0.29) is 0 Å². The van der Waals surface area contributed by atoms with Gasteiger partial charge in [0.2, 0.25) is 5.95 Å². The highest BCUT2D eigenvalue weighted by Crippen LogP contribution is 2.31. The van der Waals surface area contributed by atoms with E-state index < -0.39 is 0 Å². The first kappa shape index (κ1) is 21.8. The number of hydrogen-bond acceptors (Lipinski definition) is 5. The van der Waals surface area contributed by atoms with Crippen LogP contribution < -0.4 is 10.2 Å². The monoisotopic (exact) mass is 470 g/mol. The van der Waals surface area contributed by atoms with E-state index in [1.54, 1.807) is 0 Å². The van der Waals surface area contributed by atoms with Gasteiger partial charge in [0.15, 0.2) is 5.82 Å². The van der Waals surface area contributed by atoms with Crippen LogP contribution in [-0.2, 0) is 6.42 Å². The summed E-state index contributed by atoms with van der Waals surface area (Å²) in [7, 11) is 4.02. The molecule has 6 rings (SSSR count). The molecular formula is C30H26N6. The number of anilines is 3. The third-order valence-electron chi connectivity index (χ3n) is 6.29. The van der Waals surface area contributed by atoms with Gasteiger partial charge in [-0.2, -0.15) is 5.10 Å². The van der Waals surface area contributed by atoms with Crippen molar-refractivity contribution in [3.05, 3.63) is 114 Å². The molecule has 0 fully saturated rings. The number of aromatic nitrogens is 4. The normalized spacial score (nSPS) is 11.2. The molecule has 2 aromatic heterocycles. The Kier molecular flexibility index (Phi) is 5.54. The second-order valence-electron chi connectivity index (χ2n) is 9.01. The Balaban J connectivity index is 1.38. The van der Waals surface area contributed by atoms with Crippen LogP contribution in [0.2, 0.25) is 0 Å². The van der Waals surface area contributed by atoms with Gasteiger partial charge < -0.3 is 10.2 Å². The Labute approximate surface area is 209 Å². The molecule has 0 aliphatic carbocycles. The van der Waals surface area contributed by atoms with Crippen LogP contribution in [0.3, 0.4) is 0 Å². The largest absolute Gasteiger partial charge is 0.348 e. The zero-order valence-electron chi connectivity index (χ0n) is 20.3. The van der Waals surface area contributed by atoms with Crippen molar-refractivity contribution in [3.8, 4) is 5.69 Å². The summed E-state index contributed by atoms with van der Waals surface area (Å²) in [6.07, 6.45) is 0.741. The Bertz CT molecular complexity index is 1660. The van der Waals surface area contributed by atoms with Crippen LogP contribution in [0.1, 0.15) is 11.3 Å². The van der Waals surface area contributed by atoms with E-state index in [0.29, 0.717) is 0 Å². The summed E-state index contributed by atoms with van der Waals surface area (Å²) in [5, 5.41) is 14.8. The highest BCUT2D eigenvalue weighted by molar-refractivity contribution is 5.95. The molecule has 0 aliphatic rings. The van der Waals surface area contributed by atoms with Gasteiger partial charge in [-0.15, -0.1) is 5.10 Å². The minimum Gasteiger partial charge on any atom is -0.348 e. The van der Waals surface area contributed by atoms with Gasteiger partial charge in [0.25, 0.3) is 0 Å². The van der Waals surface area contributed by atoms with Crippen LogP contribution in [0.25, 0.3) is 27.5 Å². The maximum atomic E-state index is 4.93. The van der Waals surface area contributed by atoms with Gasteiger partial charge in [-0.1, -0.05) is 72.8 Å². The van der Waals surface area contributed by atoms with E-state index in [2.05, 4.69) is 86.8 Å². The van der Waals surface area contributed by atoms with Gasteiger partial charge in [0.05, 0.1) is 16.7 Å². The Morgan fingerprint density at radius 1 is 0.750 bits per heavy atom. The van der Waals surface area contributed by atoms with Gasteiger partial charge in [-0.3, -0.25) is 4.57 Å². The summed E-state index contributed by atoms with van der Waals surface area (Å²) in [5.74, 6) is 1.61. The summed E-state index contributed by atoms with van der Waals surface area (Å²) >= 11 is 0. The molecule has 0 atom stereocenters. The lowest BCUT2D eigenvalue weighted by Crippen LogP contribution is -2.14. The number of nitrogens with one attached hydrogen (secondary N) is 1. The average molecular weight is 471 g/mol. The zero-order valence-corrected chi connectivity index (χ0v) is 20.3. The number of fused-ring (bicyclic) bond motifs is 2. The lowest BCUT2D eigenvalue weighted by atomic mass is 10.0. The first-order valence-electron chi connectivity index (χ1n) is 12.0. The van der Waals surface area contributed by atoms with Crippen LogP contribution >= 0.6 is 0 Å². The van der Waals surface area contributed by atoms with Crippen molar-refractivity contribution in [1.82, 2.24) is 19.7 Å². The predicted molar refractivity (Wildman–Crippen MR) is 147 cm³/mol. The van der Waals surface area contributed by atoms with E-state index in [4.69, 9.17) is 4.98 Å². The second kappa shape index (κ2) is 9.15. The predicted octanol–water partition coefficient (Wildman–Crippen LogP) is 6.37. The molecule has 0 amide bonds. The maximum absolute atomic E-state index is 4.93. The van der Waals surface area contributed by atoms with Crippen molar-refractivity contribution in [2.24, 2.45) is 0 Å². The third-order valence-corrected chi connectivity index (χ3v) is 6.29. The fourth-order valence-corrected chi connectivity index (χ4v) is 4.59. The summed E-state index contributed by atoms with van der Waals surface area (Å²) in [6.45, 7) is 0. The summed E-state index contributed by atoms with van der Waals surface area (Å²) in [5.41, 5.74) is 6.13. The summed E-state index contributed by atoms with van der Waals surface area (Å²) in [6, 6.07) is 35.2. The molecule has 0 bridgehead atoms. The second-order valence-corrected chi connectivity index (χ2v) is 9.01. The molecule has 2 heterocycles. The first-order chi connectivity index (χ1) is 17.7. The average Bonchev–Trinajstić information content (AvgIpc) is 3.30. The van der Waals surface area contributed by atoms with E-state index >= 15 is 0 Å². The van der Waals surface area contributed by atoms with Gasteiger partial charge in [-0.25, -0.2) is 4.98 Å². The molecule has 4 aromatic carbocycles. The quantitative estimate of drug-likeness (QED) is 0.307. The molecule has 6 heteroatoms. The van der Waals surface area contributed by atoms with Crippen molar-refractivity contribution >= 4 is 39.3 Å². The number of benzene rings is 4.